The maximum absolute atomic E-state index is 12.4. The number of rotatable bonds is 5. The maximum atomic E-state index is 12.4. The molecule has 3 rings (SSSR count). The number of amides is 2. The minimum absolute atomic E-state index is 0.0153. The molecule has 1 saturated heterocycles. The van der Waals surface area contributed by atoms with Gasteiger partial charge in [0.1, 0.15) is 28.9 Å². The summed E-state index contributed by atoms with van der Waals surface area (Å²) in [6.07, 6.45) is 0. The van der Waals surface area contributed by atoms with Crippen LogP contribution >= 0.6 is 34.4 Å². The number of hydrogen-bond donors (Lipinski definition) is 4. The first-order chi connectivity index (χ1) is 12.3. The Balaban J connectivity index is 1.72. The van der Waals surface area contributed by atoms with Crippen molar-refractivity contribution in [3.63, 3.8) is 0 Å². The molecule has 2 aliphatic heterocycles. The molecule has 0 aromatic heterocycles. The fourth-order valence-corrected chi connectivity index (χ4v) is 5.21. The topological polar surface area (TPSA) is 133 Å². The number of benzene rings is 1. The first-order valence-electron chi connectivity index (χ1n) is 7.66. The van der Waals surface area contributed by atoms with E-state index in [2.05, 4.69) is 27.9 Å². The minimum Gasteiger partial charge on any atom is -0.508 e. The number of halogens is 1. The molecule has 0 radical (unpaired) electrons. The van der Waals surface area contributed by atoms with Crippen molar-refractivity contribution in [1.82, 2.24) is 10.2 Å². The van der Waals surface area contributed by atoms with E-state index in [0.717, 1.165) is 0 Å². The maximum Gasteiger partial charge on any atom is 0.352 e. The quantitative estimate of drug-likeness (QED) is 0.270. The van der Waals surface area contributed by atoms with E-state index in [9.17, 15) is 24.6 Å². The zero-order valence-corrected chi connectivity index (χ0v) is 16.4. The molecule has 1 fully saturated rings. The number of nitrogens with two attached hydrogens (primary N) is 1. The van der Waals surface area contributed by atoms with E-state index in [1.165, 1.54) is 40.9 Å². The van der Waals surface area contributed by atoms with E-state index in [0.29, 0.717) is 21.3 Å². The van der Waals surface area contributed by atoms with Crippen LogP contribution in [0.5, 0.6) is 5.75 Å². The van der Waals surface area contributed by atoms with Gasteiger partial charge in [-0.25, -0.2) is 4.79 Å². The smallest absolute Gasteiger partial charge is 0.352 e. The van der Waals surface area contributed by atoms with E-state index < -0.39 is 35.2 Å². The molecule has 5 N–H and O–H groups in total. The Kier molecular flexibility index (Phi) is 5.44. The van der Waals surface area contributed by atoms with E-state index in [-0.39, 0.29) is 11.4 Å². The van der Waals surface area contributed by atoms with Crippen molar-refractivity contribution in [3.05, 3.63) is 41.1 Å². The molecule has 0 saturated carbocycles. The van der Waals surface area contributed by atoms with Gasteiger partial charge in [0.15, 0.2) is 0 Å². The van der Waals surface area contributed by atoms with Crippen molar-refractivity contribution in [3.8, 4) is 5.75 Å². The first kappa shape index (κ1) is 19.0. The number of aliphatic carboxylic acids is 1. The number of carbonyl (C=O) groups is 3. The zero-order valence-electron chi connectivity index (χ0n) is 13.4. The molecule has 26 heavy (non-hydrogen) atoms. The standard InChI is InChI=1S/C16H16IN3O5S/c17-5-8-6-26-15-11(14(23)20(15)12(8)16(24)25)19-13(22)10(18)7-1-3-9(21)4-2-7/h1-4,10-11,15,21H,5-6,18H2,(H,19,22)(H,24,25)/t10?,11?,15-/m0/s1. The number of alkyl halides is 1. The van der Waals surface area contributed by atoms with Gasteiger partial charge >= 0.3 is 5.97 Å². The van der Waals surface area contributed by atoms with E-state index in [4.69, 9.17) is 5.73 Å². The number of phenols is 1. The molecular formula is C16H16IN3O5S. The summed E-state index contributed by atoms with van der Waals surface area (Å²) < 4.78 is 0.519. The van der Waals surface area contributed by atoms with Crippen LogP contribution in [-0.4, -0.2) is 54.5 Å². The van der Waals surface area contributed by atoms with Crippen molar-refractivity contribution in [2.45, 2.75) is 17.5 Å². The number of carbonyl (C=O) groups excluding carboxylic acids is 2. The van der Waals surface area contributed by atoms with Crippen LogP contribution in [0.4, 0.5) is 0 Å². The highest BCUT2D eigenvalue weighted by Gasteiger charge is 2.54. The third-order valence-corrected chi connectivity index (χ3v) is 6.50. The van der Waals surface area contributed by atoms with Gasteiger partial charge in [0.25, 0.3) is 5.91 Å². The Morgan fingerprint density at radius 2 is 2.04 bits per heavy atom. The lowest BCUT2D eigenvalue weighted by molar-refractivity contribution is -0.150. The number of nitrogens with one attached hydrogen (secondary N) is 1. The fourth-order valence-electron chi connectivity index (χ4n) is 2.86. The van der Waals surface area contributed by atoms with Crippen LogP contribution in [0.1, 0.15) is 11.6 Å². The first-order valence-corrected chi connectivity index (χ1v) is 10.2. The lowest BCUT2D eigenvalue weighted by Gasteiger charge is -2.49. The SMILES string of the molecule is NC(C(=O)NC1C(=O)N2C(C(=O)O)=C(CI)CS[C@@H]12)c1ccc(O)cc1. The highest BCUT2D eigenvalue weighted by Crippen LogP contribution is 2.40. The Morgan fingerprint density at radius 1 is 1.38 bits per heavy atom. The summed E-state index contributed by atoms with van der Waals surface area (Å²) in [5, 5.41) is 20.9. The van der Waals surface area contributed by atoms with Crippen molar-refractivity contribution in [2.24, 2.45) is 5.73 Å². The van der Waals surface area contributed by atoms with Crippen LogP contribution in [0.3, 0.4) is 0 Å². The number of thioether (sulfide) groups is 1. The number of hydrogen-bond acceptors (Lipinski definition) is 6. The highest BCUT2D eigenvalue weighted by molar-refractivity contribution is 14.1. The van der Waals surface area contributed by atoms with E-state index in [1.807, 2.05) is 0 Å². The van der Waals surface area contributed by atoms with Gasteiger partial charge in [0, 0.05) is 10.2 Å². The number of carboxylic acid groups (broad SMARTS) is 1. The average Bonchev–Trinajstić information content (AvgIpc) is 2.64. The predicted molar refractivity (Wildman–Crippen MR) is 104 cm³/mol. The van der Waals surface area contributed by atoms with E-state index >= 15 is 0 Å². The average molecular weight is 489 g/mol. The molecule has 2 unspecified atom stereocenters. The highest BCUT2D eigenvalue weighted by atomic mass is 127. The van der Waals surface area contributed by atoms with Crippen LogP contribution in [0.2, 0.25) is 0 Å². The van der Waals surface area contributed by atoms with Crippen molar-refractivity contribution in [2.75, 3.05) is 10.2 Å². The number of aromatic hydroxyl groups is 1. The van der Waals surface area contributed by atoms with Crippen LogP contribution in [0, 0.1) is 0 Å². The second-order valence-electron chi connectivity index (χ2n) is 5.86. The largest absolute Gasteiger partial charge is 0.508 e. The minimum atomic E-state index is -1.14. The molecule has 0 spiro atoms. The molecule has 2 aliphatic rings. The summed E-state index contributed by atoms with van der Waals surface area (Å²) in [6, 6.07) is 4.10. The Bertz CT molecular complexity index is 798. The lowest BCUT2D eigenvalue weighted by Crippen LogP contribution is -2.71. The van der Waals surface area contributed by atoms with Gasteiger partial charge < -0.3 is 21.3 Å². The Hall–Kier alpha value is -1.79. The molecule has 138 valence electrons. The molecule has 1 aromatic carbocycles. The van der Waals surface area contributed by atoms with Crippen LogP contribution < -0.4 is 11.1 Å². The number of phenolic OH excluding ortho intramolecular Hbond substituents is 1. The van der Waals surface area contributed by atoms with Crippen molar-refractivity contribution < 1.29 is 24.6 Å². The molecule has 3 atom stereocenters. The van der Waals surface area contributed by atoms with Gasteiger partial charge in [-0.2, -0.15) is 0 Å². The molecule has 1 aromatic rings. The summed E-state index contributed by atoms with van der Waals surface area (Å²) in [5.41, 5.74) is 7.13. The normalized spacial score (nSPS) is 23.2. The van der Waals surface area contributed by atoms with Gasteiger partial charge in [-0.05, 0) is 23.3 Å². The van der Waals surface area contributed by atoms with Gasteiger partial charge in [0.05, 0.1) is 0 Å². The number of β-lactam (4-membered cyclic amide) rings is 1. The van der Waals surface area contributed by atoms with Gasteiger partial charge in [-0.15, -0.1) is 11.8 Å². The van der Waals surface area contributed by atoms with Crippen LogP contribution in [-0.2, 0) is 14.4 Å². The molecule has 10 heteroatoms. The second-order valence-corrected chi connectivity index (χ2v) is 7.72. The summed E-state index contributed by atoms with van der Waals surface area (Å²) in [5.74, 6) is -1.57. The Labute approximate surface area is 166 Å². The molecule has 0 bridgehead atoms. The summed E-state index contributed by atoms with van der Waals surface area (Å²) in [4.78, 5) is 37.6. The molecule has 2 heterocycles. The Morgan fingerprint density at radius 3 is 2.62 bits per heavy atom. The summed E-state index contributed by atoms with van der Waals surface area (Å²) >= 11 is 3.49. The molecular weight excluding hydrogens is 473 g/mol. The third-order valence-electron chi connectivity index (χ3n) is 4.24. The second kappa shape index (κ2) is 7.45. The van der Waals surface area contributed by atoms with Gasteiger partial charge in [-0.1, -0.05) is 34.7 Å². The van der Waals surface area contributed by atoms with Crippen molar-refractivity contribution >= 4 is 52.1 Å². The monoisotopic (exact) mass is 489 g/mol. The molecule has 0 aliphatic carbocycles. The van der Waals surface area contributed by atoms with Crippen LogP contribution in [0.15, 0.2) is 35.5 Å². The summed E-state index contributed by atoms with van der Waals surface area (Å²) in [6.45, 7) is 0. The molecule has 8 nitrogen and oxygen atoms in total. The van der Waals surface area contributed by atoms with E-state index in [1.54, 1.807) is 0 Å². The fraction of sp³-hybridized carbons (Fsp3) is 0.312. The number of nitrogens with zero attached hydrogens (tertiary/aromatic N) is 1. The zero-order chi connectivity index (χ0) is 19.0. The van der Waals surface area contributed by atoms with Crippen molar-refractivity contribution in [1.29, 1.82) is 0 Å². The predicted octanol–water partition coefficient (Wildman–Crippen LogP) is 0.566. The lowest BCUT2D eigenvalue weighted by atomic mass is 10.0. The van der Waals surface area contributed by atoms with Gasteiger partial charge in [-0.3, -0.25) is 14.5 Å². The third kappa shape index (κ3) is 3.28. The molecule has 2 amide bonds. The number of fused-ring (bicyclic) bond motifs is 1. The number of carboxylic acids is 1. The summed E-state index contributed by atoms with van der Waals surface area (Å²) in [7, 11) is 0. The van der Waals surface area contributed by atoms with Crippen LogP contribution in [0.25, 0.3) is 0 Å². The van der Waals surface area contributed by atoms with Gasteiger partial charge in [0.2, 0.25) is 5.91 Å².